The lowest BCUT2D eigenvalue weighted by Crippen LogP contribution is -2.59. The van der Waals surface area contributed by atoms with E-state index in [0.29, 0.717) is 28.8 Å². The standard InChI is InChI=1S/C49H76N10O3.C13H14N2OS.C2H6/c1-33(2)46(48(61)59-17-6-7-34(59)3)44-26-45(53-62-44)55-18-12-35(13-19-55)29-54-21-15-49(16-22-54)27-39(28-49)56-20-14-36-10-11-38-32-58(24-23-57(38)31-37(36)30-56)42(47(51)52)25-41(50)40-8-4-5-9-43(40)60;1-9(14-7-16)11-3-5-12(6-4-11)13-10(2)15-8-17-13;1-2/h4-5,8-9,25-26,33-39,46,60H,6-7,10-24,27-32,50-52H2,1-3H3;3-9H,1-2H3,(H,14,16);1-2H3/b41-25-;;. The first-order valence-electron chi connectivity index (χ1n) is 30.8. The van der Waals surface area contributed by atoms with Gasteiger partial charge in [-0.3, -0.25) is 14.5 Å². The quantitative estimate of drug-likeness (QED) is 0.0590. The molecule has 6 unspecified atom stereocenters. The molecule has 1 saturated carbocycles. The van der Waals surface area contributed by atoms with Gasteiger partial charge in [0.15, 0.2) is 11.6 Å². The molecule has 6 aliphatic heterocycles. The number of piperidine rings is 3. The molecule has 0 radical (unpaired) electrons. The number of aromatic nitrogens is 2. The molecule has 0 bridgehead atoms. The monoisotopic (exact) mass is 1130 g/mol. The Hall–Kier alpha value is -5.62. The summed E-state index contributed by atoms with van der Waals surface area (Å²) in [5.41, 5.74) is 26.6. The van der Waals surface area contributed by atoms with Gasteiger partial charge in [0.05, 0.1) is 27.8 Å². The van der Waals surface area contributed by atoms with Crippen molar-refractivity contribution in [3.8, 4) is 16.2 Å². The number of amides is 2. The van der Waals surface area contributed by atoms with Crippen molar-refractivity contribution >= 4 is 35.2 Å². The third kappa shape index (κ3) is 14.1. The second-order valence-corrected chi connectivity index (χ2v) is 25.8. The second-order valence-electron chi connectivity index (χ2n) is 25.0. The first-order chi connectivity index (χ1) is 39.1. The summed E-state index contributed by atoms with van der Waals surface area (Å²) in [6, 6.07) is 19.0. The second kappa shape index (κ2) is 27.2. The summed E-state index contributed by atoms with van der Waals surface area (Å²) < 4.78 is 5.90. The van der Waals surface area contributed by atoms with Crippen LogP contribution in [0.15, 0.2) is 82.2 Å². The molecule has 442 valence electrons. The van der Waals surface area contributed by atoms with Crippen LogP contribution in [0.25, 0.3) is 16.1 Å². The Bertz CT molecular complexity index is 2730. The number of nitrogens with two attached hydrogens (primary N) is 3. The zero-order chi connectivity index (χ0) is 57.4. The van der Waals surface area contributed by atoms with Gasteiger partial charge in [0.25, 0.3) is 0 Å². The highest BCUT2D eigenvalue weighted by molar-refractivity contribution is 7.13. The van der Waals surface area contributed by atoms with Crippen molar-refractivity contribution in [1.82, 2.24) is 40.0 Å². The van der Waals surface area contributed by atoms with Crippen molar-refractivity contribution < 1.29 is 19.2 Å². The third-order valence-corrected chi connectivity index (χ3v) is 20.5. The van der Waals surface area contributed by atoms with Crippen LogP contribution in [0, 0.1) is 36.0 Å². The normalized spacial score (nSPS) is 24.6. The summed E-state index contributed by atoms with van der Waals surface area (Å²) in [7, 11) is 0. The molecule has 6 atom stereocenters. The SMILES string of the molecule is CC.CC(C)C(C(=O)N1CCCC1C)c1cc(N2CCC(CN3CCC4(CC3)CC(N3CCC5CCC6CN(C(/C=C(\N)c7ccccc7O)=C(N)N)CCN6CC5C3)C4)CC2)no1.Cc1ncsc1-c1ccc(C(C)NC=O)cc1. The van der Waals surface area contributed by atoms with Crippen LogP contribution in [-0.2, 0) is 9.59 Å². The molecule has 8 N–H and O–H groups in total. The van der Waals surface area contributed by atoms with Crippen molar-refractivity contribution in [1.29, 1.82) is 0 Å². The number of nitrogens with zero attached hydrogens (tertiary/aromatic N) is 8. The minimum Gasteiger partial charge on any atom is -0.507 e. The van der Waals surface area contributed by atoms with Gasteiger partial charge in [-0.05, 0) is 169 Å². The van der Waals surface area contributed by atoms with Gasteiger partial charge in [0, 0.05) is 94.4 Å². The van der Waals surface area contributed by atoms with E-state index in [-0.39, 0.29) is 35.4 Å². The van der Waals surface area contributed by atoms with E-state index in [9.17, 15) is 14.7 Å². The molecular formula is C64H96N12O4S. The first-order valence-corrected chi connectivity index (χ1v) is 31.7. The molecule has 11 rings (SSSR count). The number of carbonyl (C=O) groups is 2. The number of anilines is 1. The molecule has 1 aliphatic carbocycles. The summed E-state index contributed by atoms with van der Waals surface area (Å²) in [4.78, 5) is 44.5. The van der Waals surface area contributed by atoms with Gasteiger partial charge in [-0.25, -0.2) is 4.98 Å². The summed E-state index contributed by atoms with van der Waals surface area (Å²) >= 11 is 1.64. The van der Waals surface area contributed by atoms with Crippen LogP contribution in [0.5, 0.6) is 5.75 Å². The maximum absolute atomic E-state index is 13.6. The number of likely N-dealkylation sites (tertiary alicyclic amines) is 3. The Morgan fingerprint density at radius 3 is 2.21 bits per heavy atom. The molecule has 2 aromatic heterocycles. The fraction of sp³-hybridized carbons (Fsp3) is 0.625. The van der Waals surface area contributed by atoms with Crippen molar-refractivity contribution in [2.45, 2.75) is 149 Å². The number of hydrogen-bond acceptors (Lipinski definition) is 15. The van der Waals surface area contributed by atoms with Crippen LogP contribution in [0.2, 0.25) is 0 Å². The fourth-order valence-electron chi connectivity index (χ4n) is 14.6. The molecule has 7 aliphatic rings. The van der Waals surface area contributed by atoms with Crippen LogP contribution in [0.4, 0.5) is 5.82 Å². The number of phenols is 1. The van der Waals surface area contributed by atoms with Crippen LogP contribution >= 0.6 is 11.3 Å². The van der Waals surface area contributed by atoms with Crippen LogP contribution in [-0.4, -0.2) is 149 Å². The Kier molecular flexibility index (Phi) is 20.1. The van der Waals surface area contributed by atoms with E-state index < -0.39 is 0 Å². The molecule has 6 saturated heterocycles. The van der Waals surface area contributed by atoms with E-state index in [2.05, 4.69) is 83.8 Å². The smallest absolute Gasteiger partial charge is 0.233 e. The number of phenolic OH excluding ortho intramolecular Hbond substituents is 1. The third-order valence-electron chi connectivity index (χ3n) is 19.6. The number of aryl methyl sites for hydroxylation is 1. The topological polar surface area (TPSA) is 203 Å². The zero-order valence-electron chi connectivity index (χ0n) is 49.8. The Morgan fingerprint density at radius 1 is 0.852 bits per heavy atom. The Labute approximate surface area is 487 Å². The first kappa shape index (κ1) is 60.0. The minimum atomic E-state index is -0.266. The van der Waals surface area contributed by atoms with E-state index in [1.807, 2.05) is 63.5 Å². The number of para-hydroxylation sites is 1. The lowest BCUT2D eigenvalue weighted by atomic mass is 9.59. The number of thiazole rings is 1. The molecular weight excluding hydrogens is 1030 g/mol. The molecule has 17 heteroatoms. The molecule has 7 fully saturated rings. The molecule has 2 amide bonds. The van der Waals surface area contributed by atoms with Crippen LogP contribution in [0.1, 0.15) is 147 Å². The summed E-state index contributed by atoms with van der Waals surface area (Å²) in [5.74, 6) is 4.43. The number of allylic oxidation sites excluding steroid dienone is 1. The highest BCUT2D eigenvalue weighted by atomic mass is 32.1. The lowest BCUT2D eigenvalue weighted by molar-refractivity contribution is -0.135. The minimum absolute atomic E-state index is 0.0455. The number of benzene rings is 2. The highest BCUT2D eigenvalue weighted by Gasteiger charge is 2.50. The van der Waals surface area contributed by atoms with Crippen LogP contribution < -0.4 is 27.4 Å². The molecule has 8 heterocycles. The number of nitrogens with one attached hydrogen (secondary N) is 1. The van der Waals surface area contributed by atoms with Crippen LogP contribution in [0.3, 0.4) is 0 Å². The van der Waals surface area contributed by atoms with Gasteiger partial charge >= 0.3 is 0 Å². The van der Waals surface area contributed by atoms with Crippen molar-refractivity contribution in [2.75, 3.05) is 83.4 Å². The summed E-state index contributed by atoms with van der Waals surface area (Å²) in [6.07, 6.45) is 16.5. The van der Waals surface area contributed by atoms with E-state index in [0.717, 1.165) is 111 Å². The number of hydrogen-bond donors (Lipinski definition) is 5. The predicted molar refractivity (Wildman–Crippen MR) is 327 cm³/mol. The average Bonchev–Trinajstić information content (AvgIpc) is 4.25. The van der Waals surface area contributed by atoms with Crippen molar-refractivity contribution in [3.05, 3.63) is 100 Å². The van der Waals surface area contributed by atoms with Gasteiger partial charge < -0.3 is 56.6 Å². The molecule has 81 heavy (non-hydrogen) atoms. The fourth-order valence-corrected chi connectivity index (χ4v) is 15.4. The van der Waals surface area contributed by atoms with Gasteiger partial charge in [-0.2, -0.15) is 0 Å². The lowest BCUT2D eigenvalue weighted by Gasteiger charge is -2.57. The Morgan fingerprint density at radius 2 is 1.57 bits per heavy atom. The van der Waals surface area contributed by atoms with E-state index in [1.54, 1.807) is 23.5 Å². The number of rotatable bonds is 14. The maximum Gasteiger partial charge on any atom is 0.233 e. The summed E-state index contributed by atoms with van der Waals surface area (Å²) in [6.45, 7) is 27.4. The van der Waals surface area contributed by atoms with E-state index in [1.165, 1.54) is 107 Å². The highest BCUT2D eigenvalue weighted by Crippen LogP contribution is 2.52. The molecule has 2 aromatic carbocycles. The predicted octanol–water partition coefficient (Wildman–Crippen LogP) is 9.35. The molecule has 16 nitrogen and oxygen atoms in total. The van der Waals surface area contributed by atoms with Gasteiger partial charge in [-0.15, -0.1) is 11.3 Å². The maximum atomic E-state index is 13.6. The Balaban J connectivity index is 0.000000354. The van der Waals surface area contributed by atoms with Crippen molar-refractivity contribution in [2.24, 2.45) is 46.3 Å². The molecule has 4 aromatic rings. The number of fused-ring (bicyclic) bond motifs is 2. The number of piperazine rings is 1. The largest absolute Gasteiger partial charge is 0.507 e. The van der Waals surface area contributed by atoms with Gasteiger partial charge in [0.1, 0.15) is 17.5 Å². The van der Waals surface area contributed by atoms with Gasteiger partial charge in [0.2, 0.25) is 12.3 Å². The number of aromatic hydroxyl groups is 1. The zero-order valence-corrected chi connectivity index (χ0v) is 50.6. The summed E-state index contributed by atoms with van der Waals surface area (Å²) in [5, 5.41) is 17.6. The van der Waals surface area contributed by atoms with Gasteiger partial charge in [-0.1, -0.05) is 69.2 Å². The van der Waals surface area contributed by atoms with E-state index >= 15 is 0 Å². The van der Waals surface area contributed by atoms with Crippen molar-refractivity contribution in [3.63, 3.8) is 0 Å². The van der Waals surface area contributed by atoms with E-state index in [4.69, 9.17) is 21.7 Å². The molecule has 1 spiro atoms. The number of carbonyl (C=O) groups excluding carboxylic acids is 2. The average molecular weight is 1130 g/mol.